The van der Waals surface area contributed by atoms with E-state index in [4.69, 9.17) is 9.47 Å². The number of nitrogens with zero attached hydrogens (tertiary/aromatic N) is 1. The van der Waals surface area contributed by atoms with Crippen LogP contribution in [0.25, 0.3) is 0 Å². The van der Waals surface area contributed by atoms with E-state index in [9.17, 15) is 4.79 Å². The van der Waals surface area contributed by atoms with E-state index in [0.29, 0.717) is 26.3 Å². The zero-order chi connectivity index (χ0) is 15.0. The molecule has 22 heavy (non-hydrogen) atoms. The van der Waals surface area contributed by atoms with Crippen molar-refractivity contribution in [3.8, 4) is 0 Å². The van der Waals surface area contributed by atoms with Crippen LogP contribution in [0.3, 0.4) is 0 Å². The van der Waals surface area contributed by atoms with E-state index in [1.54, 1.807) is 0 Å². The van der Waals surface area contributed by atoms with E-state index in [2.05, 4.69) is 17.4 Å². The van der Waals surface area contributed by atoms with Gasteiger partial charge in [-0.1, -0.05) is 30.3 Å². The number of amides is 2. The Labute approximate surface area is 130 Å². The van der Waals surface area contributed by atoms with Gasteiger partial charge in [0.15, 0.2) is 5.79 Å². The summed E-state index contributed by atoms with van der Waals surface area (Å²) in [7, 11) is 0. The molecule has 0 atom stereocenters. The van der Waals surface area contributed by atoms with Crippen molar-refractivity contribution < 1.29 is 14.3 Å². The average Bonchev–Trinajstić information content (AvgIpc) is 3.21. The van der Waals surface area contributed by atoms with Gasteiger partial charge in [0, 0.05) is 25.9 Å². The molecule has 1 aromatic carbocycles. The first kappa shape index (κ1) is 14.0. The van der Waals surface area contributed by atoms with Crippen molar-refractivity contribution in [2.75, 3.05) is 26.3 Å². The average molecular weight is 302 g/mol. The van der Waals surface area contributed by atoms with Gasteiger partial charge >= 0.3 is 6.03 Å². The van der Waals surface area contributed by atoms with Crippen molar-refractivity contribution in [2.24, 2.45) is 0 Å². The number of carbonyl (C=O) groups is 1. The first-order valence-electron chi connectivity index (χ1n) is 8.12. The predicted octanol–water partition coefficient (Wildman–Crippen LogP) is 2.22. The maximum atomic E-state index is 12.6. The van der Waals surface area contributed by atoms with Gasteiger partial charge in [-0.15, -0.1) is 0 Å². The van der Waals surface area contributed by atoms with E-state index < -0.39 is 5.79 Å². The molecule has 0 bridgehead atoms. The topological polar surface area (TPSA) is 50.8 Å². The number of hydrogen-bond acceptors (Lipinski definition) is 3. The van der Waals surface area contributed by atoms with Crippen LogP contribution < -0.4 is 5.32 Å². The van der Waals surface area contributed by atoms with Gasteiger partial charge in [-0.2, -0.15) is 0 Å². The first-order chi connectivity index (χ1) is 10.7. The standard InChI is InChI=1S/C17H22N2O3/c20-15(18-16(6-7-16)14-4-2-1-3-5-14)19-10-8-17(9-11-19)21-12-13-22-17/h1-5H,6-13H2,(H,18,20). The van der Waals surface area contributed by atoms with Crippen molar-refractivity contribution in [3.05, 3.63) is 35.9 Å². The van der Waals surface area contributed by atoms with Crippen molar-refractivity contribution in [1.29, 1.82) is 0 Å². The molecule has 1 spiro atoms. The van der Waals surface area contributed by atoms with Gasteiger partial charge in [-0.05, 0) is 18.4 Å². The Bertz CT molecular complexity index is 540. The molecule has 118 valence electrons. The lowest BCUT2D eigenvalue weighted by Crippen LogP contribution is -2.52. The van der Waals surface area contributed by atoms with E-state index in [1.807, 2.05) is 23.1 Å². The van der Waals surface area contributed by atoms with Crippen LogP contribution >= 0.6 is 0 Å². The highest BCUT2D eigenvalue weighted by atomic mass is 16.7. The minimum absolute atomic E-state index is 0.0363. The summed E-state index contributed by atoms with van der Waals surface area (Å²) in [5, 5.41) is 3.24. The summed E-state index contributed by atoms with van der Waals surface area (Å²) < 4.78 is 11.4. The molecule has 1 aromatic rings. The minimum atomic E-state index is -0.423. The quantitative estimate of drug-likeness (QED) is 0.911. The molecule has 4 rings (SSSR count). The highest BCUT2D eigenvalue weighted by Gasteiger charge is 2.47. The Kier molecular flexibility index (Phi) is 3.35. The number of likely N-dealkylation sites (tertiary alicyclic amines) is 1. The Morgan fingerprint density at radius 3 is 2.23 bits per heavy atom. The molecule has 0 unspecified atom stereocenters. The third kappa shape index (κ3) is 2.48. The van der Waals surface area contributed by atoms with Crippen LogP contribution in [-0.2, 0) is 15.0 Å². The van der Waals surface area contributed by atoms with Crippen LogP contribution in [0.2, 0.25) is 0 Å². The number of benzene rings is 1. The largest absolute Gasteiger partial charge is 0.347 e. The minimum Gasteiger partial charge on any atom is -0.347 e. The summed E-state index contributed by atoms with van der Waals surface area (Å²) in [6.45, 7) is 2.72. The molecule has 2 saturated heterocycles. The van der Waals surface area contributed by atoms with Gasteiger partial charge in [0.1, 0.15) is 0 Å². The smallest absolute Gasteiger partial charge is 0.318 e. The number of rotatable bonds is 2. The van der Waals surface area contributed by atoms with E-state index in [0.717, 1.165) is 25.7 Å². The molecule has 3 fully saturated rings. The third-order valence-electron chi connectivity index (χ3n) is 5.05. The predicted molar refractivity (Wildman–Crippen MR) is 81.3 cm³/mol. The van der Waals surface area contributed by atoms with Crippen molar-refractivity contribution in [1.82, 2.24) is 10.2 Å². The summed E-state index contributed by atoms with van der Waals surface area (Å²) in [6.07, 6.45) is 3.57. The lowest BCUT2D eigenvalue weighted by molar-refractivity contribution is -0.181. The third-order valence-corrected chi connectivity index (χ3v) is 5.05. The molecule has 0 aromatic heterocycles. The van der Waals surface area contributed by atoms with Crippen LogP contribution in [-0.4, -0.2) is 43.0 Å². The van der Waals surface area contributed by atoms with Crippen LogP contribution in [0.1, 0.15) is 31.2 Å². The zero-order valence-corrected chi connectivity index (χ0v) is 12.7. The Morgan fingerprint density at radius 1 is 1.00 bits per heavy atom. The zero-order valence-electron chi connectivity index (χ0n) is 12.7. The fraction of sp³-hybridized carbons (Fsp3) is 0.588. The molecule has 5 heteroatoms. The Balaban J connectivity index is 1.37. The maximum absolute atomic E-state index is 12.6. The van der Waals surface area contributed by atoms with Gasteiger partial charge in [0.2, 0.25) is 0 Å². The molecule has 1 aliphatic carbocycles. The number of carbonyl (C=O) groups excluding carboxylic acids is 1. The molecule has 0 radical (unpaired) electrons. The monoisotopic (exact) mass is 302 g/mol. The van der Waals surface area contributed by atoms with Crippen LogP contribution in [0.15, 0.2) is 30.3 Å². The van der Waals surface area contributed by atoms with E-state index >= 15 is 0 Å². The number of ether oxygens (including phenoxy) is 2. The number of nitrogens with one attached hydrogen (secondary N) is 1. The highest BCUT2D eigenvalue weighted by molar-refractivity contribution is 5.76. The lowest BCUT2D eigenvalue weighted by atomic mass is 10.0. The van der Waals surface area contributed by atoms with Gasteiger partial charge in [-0.3, -0.25) is 0 Å². The van der Waals surface area contributed by atoms with Gasteiger partial charge in [0.25, 0.3) is 0 Å². The summed E-state index contributed by atoms with van der Waals surface area (Å²) in [4.78, 5) is 14.5. The second-order valence-corrected chi connectivity index (χ2v) is 6.47. The molecule has 2 aliphatic heterocycles. The Hall–Kier alpha value is -1.59. The Morgan fingerprint density at radius 2 is 1.64 bits per heavy atom. The van der Waals surface area contributed by atoms with E-state index in [-0.39, 0.29) is 11.6 Å². The molecule has 2 amide bonds. The molecule has 1 saturated carbocycles. The van der Waals surface area contributed by atoms with E-state index in [1.165, 1.54) is 5.56 Å². The summed E-state index contributed by atoms with van der Waals surface area (Å²) in [5.41, 5.74) is 1.06. The molecular formula is C17H22N2O3. The normalized spacial score (nSPS) is 25.2. The second kappa shape index (κ2) is 5.25. The molecule has 1 N–H and O–H groups in total. The van der Waals surface area contributed by atoms with Crippen LogP contribution in [0.5, 0.6) is 0 Å². The van der Waals surface area contributed by atoms with Gasteiger partial charge < -0.3 is 19.7 Å². The van der Waals surface area contributed by atoms with Gasteiger partial charge in [0.05, 0.1) is 18.8 Å². The summed E-state index contributed by atoms with van der Waals surface area (Å²) >= 11 is 0. The van der Waals surface area contributed by atoms with Crippen LogP contribution in [0, 0.1) is 0 Å². The molecule has 2 heterocycles. The molecule has 5 nitrogen and oxygen atoms in total. The lowest BCUT2D eigenvalue weighted by Gasteiger charge is -2.38. The van der Waals surface area contributed by atoms with Crippen molar-refractivity contribution in [3.63, 3.8) is 0 Å². The SMILES string of the molecule is O=C(NC1(c2ccccc2)CC1)N1CCC2(CC1)OCCO2. The number of urea groups is 1. The molecule has 3 aliphatic rings. The summed E-state index contributed by atoms with van der Waals surface area (Å²) in [6, 6.07) is 10.3. The fourth-order valence-electron chi connectivity index (χ4n) is 3.49. The maximum Gasteiger partial charge on any atom is 0.318 e. The van der Waals surface area contributed by atoms with Crippen molar-refractivity contribution in [2.45, 2.75) is 37.0 Å². The molecular weight excluding hydrogens is 280 g/mol. The fourth-order valence-corrected chi connectivity index (χ4v) is 3.49. The first-order valence-corrected chi connectivity index (χ1v) is 8.12. The van der Waals surface area contributed by atoms with Gasteiger partial charge in [-0.25, -0.2) is 4.79 Å². The summed E-state index contributed by atoms with van der Waals surface area (Å²) in [5.74, 6) is -0.423. The second-order valence-electron chi connectivity index (χ2n) is 6.47. The van der Waals surface area contributed by atoms with Crippen molar-refractivity contribution >= 4 is 6.03 Å². The number of hydrogen-bond donors (Lipinski definition) is 1. The number of piperidine rings is 1. The van der Waals surface area contributed by atoms with Crippen LogP contribution in [0.4, 0.5) is 4.79 Å². The highest BCUT2D eigenvalue weighted by Crippen LogP contribution is 2.45.